The highest BCUT2D eigenvalue weighted by molar-refractivity contribution is 5.84. The molecule has 29 heavy (non-hydrogen) atoms. The first-order valence-corrected chi connectivity index (χ1v) is 9.68. The van der Waals surface area contributed by atoms with Crippen LogP contribution in [0.5, 0.6) is 0 Å². The van der Waals surface area contributed by atoms with Gasteiger partial charge in [0, 0.05) is 32.8 Å². The van der Waals surface area contributed by atoms with Gasteiger partial charge in [-0.25, -0.2) is 14.4 Å². The second-order valence-corrected chi connectivity index (χ2v) is 7.16. The van der Waals surface area contributed by atoms with Crippen molar-refractivity contribution in [1.82, 2.24) is 29.9 Å². The monoisotopic (exact) mass is 397 g/mol. The minimum Gasteiger partial charge on any atom is -0.368 e. The molecule has 2 saturated heterocycles. The lowest BCUT2D eigenvalue weighted by atomic mass is 10.2. The molecular formula is C19H20FN7O2. The molecule has 4 heterocycles. The van der Waals surface area contributed by atoms with E-state index in [1.807, 2.05) is 4.90 Å². The first-order valence-electron chi connectivity index (χ1n) is 9.68. The van der Waals surface area contributed by atoms with Crippen LogP contribution in [-0.4, -0.2) is 74.7 Å². The second kappa shape index (κ2) is 7.36. The predicted molar refractivity (Wildman–Crippen MR) is 102 cm³/mol. The zero-order chi connectivity index (χ0) is 19.8. The summed E-state index contributed by atoms with van der Waals surface area (Å²) in [5.41, 5.74) is 1.81. The number of carbonyl (C=O) groups is 1. The molecule has 0 spiro atoms. The van der Waals surface area contributed by atoms with Gasteiger partial charge in [0.2, 0.25) is 0 Å². The van der Waals surface area contributed by atoms with Crippen LogP contribution in [0.2, 0.25) is 0 Å². The number of carbonyl (C=O) groups excluding carboxylic acids is 1. The van der Waals surface area contributed by atoms with Crippen LogP contribution in [0.3, 0.4) is 0 Å². The van der Waals surface area contributed by atoms with Crippen molar-refractivity contribution >= 4 is 22.9 Å². The van der Waals surface area contributed by atoms with Gasteiger partial charge >= 0.3 is 0 Å². The Morgan fingerprint density at radius 2 is 1.90 bits per heavy atom. The van der Waals surface area contributed by atoms with Crippen molar-refractivity contribution in [3.63, 3.8) is 0 Å². The fourth-order valence-corrected chi connectivity index (χ4v) is 3.84. The number of benzene rings is 1. The molecule has 2 fully saturated rings. The van der Waals surface area contributed by atoms with Crippen molar-refractivity contribution in [2.45, 2.75) is 18.9 Å². The van der Waals surface area contributed by atoms with Crippen molar-refractivity contribution < 1.29 is 13.9 Å². The SMILES string of the molecule is O=C(C1CCCO1)N1CCN(c2ncnc3c2nnn3-c2ccc(F)cc2)CC1. The molecule has 5 rings (SSSR count). The van der Waals surface area contributed by atoms with Gasteiger partial charge in [0.25, 0.3) is 5.91 Å². The van der Waals surface area contributed by atoms with E-state index >= 15 is 0 Å². The van der Waals surface area contributed by atoms with E-state index in [0.717, 1.165) is 12.8 Å². The standard InChI is InChI=1S/C19H20FN7O2/c20-13-3-5-14(6-4-13)27-18-16(23-24-27)17(21-12-22-18)25-7-9-26(10-8-25)19(28)15-2-1-11-29-15/h3-6,12,15H,1-2,7-11H2. The van der Waals surface area contributed by atoms with Crippen LogP contribution >= 0.6 is 0 Å². The van der Waals surface area contributed by atoms with Crippen LogP contribution in [0.25, 0.3) is 16.9 Å². The number of aromatic nitrogens is 5. The zero-order valence-corrected chi connectivity index (χ0v) is 15.7. The highest BCUT2D eigenvalue weighted by Gasteiger charge is 2.31. The summed E-state index contributed by atoms with van der Waals surface area (Å²) in [7, 11) is 0. The number of fused-ring (bicyclic) bond motifs is 1. The van der Waals surface area contributed by atoms with E-state index in [2.05, 4.69) is 25.2 Å². The third-order valence-electron chi connectivity index (χ3n) is 5.39. The average Bonchev–Trinajstić information content (AvgIpc) is 3.44. The third-order valence-corrected chi connectivity index (χ3v) is 5.39. The van der Waals surface area contributed by atoms with Crippen LogP contribution in [0.15, 0.2) is 30.6 Å². The van der Waals surface area contributed by atoms with Crippen molar-refractivity contribution in [2.24, 2.45) is 0 Å². The number of piperazine rings is 1. The van der Waals surface area contributed by atoms with E-state index in [9.17, 15) is 9.18 Å². The predicted octanol–water partition coefficient (Wildman–Crippen LogP) is 1.18. The Kier molecular flexibility index (Phi) is 4.55. The summed E-state index contributed by atoms with van der Waals surface area (Å²) in [5, 5.41) is 8.44. The highest BCUT2D eigenvalue weighted by Crippen LogP contribution is 2.24. The molecule has 1 unspecified atom stereocenters. The van der Waals surface area contributed by atoms with Crippen molar-refractivity contribution in [1.29, 1.82) is 0 Å². The molecule has 0 bridgehead atoms. The first-order chi connectivity index (χ1) is 14.2. The number of hydrogen-bond acceptors (Lipinski definition) is 7. The van der Waals surface area contributed by atoms with Gasteiger partial charge in [-0.1, -0.05) is 5.21 Å². The van der Waals surface area contributed by atoms with Gasteiger partial charge in [-0.3, -0.25) is 4.79 Å². The Labute approximate surface area is 166 Å². The number of anilines is 1. The topological polar surface area (TPSA) is 89.3 Å². The molecule has 1 atom stereocenters. The Bertz CT molecular complexity index is 1020. The highest BCUT2D eigenvalue weighted by atomic mass is 19.1. The normalized spacial score (nSPS) is 19.8. The molecule has 1 amide bonds. The van der Waals surface area contributed by atoms with E-state index in [1.54, 1.807) is 16.8 Å². The lowest BCUT2D eigenvalue weighted by Crippen LogP contribution is -2.51. The van der Waals surface area contributed by atoms with Gasteiger partial charge in [-0.2, -0.15) is 4.68 Å². The number of amides is 1. The number of halogens is 1. The summed E-state index contributed by atoms with van der Waals surface area (Å²) < 4.78 is 20.3. The molecular weight excluding hydrogens is 377 g/mol. The van der Waals surface area contributed by atoms with E-state index in [0.29, 0.717) is 55.5 Å². The van der Waals surface area contributed by atoms with Gasteiger partial charge in [0.1, 0.15) is 18.2 Å². The Morgan fingerprint density at radius 3 is 2.62 bits per heavy atom. The molecule has 2 aromatic heterocycles. The zero-order valence-electron chi connectivity index (χ0n) is 15.7. The average molecular weight is 397 g/mol. The molecule has 0 aliphatic carbocycles. The maximum atomic E-state index is 13.2. The minimum atomic E-state index is -0.316. The second-order valence-electron chi connectivity index (χ2n) is 7.16. The van der Waals surface area contributed by atoms with Crippen LogP contribution in [0.1, 0.15) is 12.8 Å². The van der Waals surface area contributed by atoms with Crippen molar-refractivity contribution in [2.75, 3.05) is 37.7 Å². The molecule has 9 nitrogen and oxygen atoms in total. The summed E-state index contributed by atoms with van der Waals surface area (Å²) in [6.07, 6.45) is 2.94. The molecule has 3 aromatic rings. The fraction of sp³-hybridized carbons (Fsp3) is 0.421. The summed E-state index contributed by atoms with van der Waals surface area (Å²) in [5.74, 6) is 0.453. The van der Waals surface area contributed by atoms with Crippen molar-refractivity contribution in [3.8, 4) is 5.69 Å². The third kappa shape index (κ3) is 3.29. The van der Waals surface area contributed by atoms with E-state index in [4.69, 9.17) is 4.74 Å². The summed E-state index contributed by atoms with van der Waals surface area (Å²) in [6, 6.07) is 5.99. The molecule has 2 aliphatic heterocycles. The van der Waals surface area contributed by atoms with Crippen LogP contribution in [0, 0.1) is 5.82 Å². The minimum absolute atomic E-state index is 0.0808. The van der Waals surface area contributed by atoms with Gasteiger partial charge in [-0.05, 0) is 37.1 Å². The van der Waals surface area contributed by atoms with E-state index in [1.165, 1.54) is 18.5 Å². The van der Waals surface area contributed by atoms with Gasteiger partial charge in [0.15, 0.2) is 17.0 Å². The molecule has 10 heteroatoms. The molecule has 2 aliphatic rings. The Morgan fingerprint density at radius 1 is 1.10 bits per heavy atom. The summed E-state index contributed by atoms with van der Waals surface area (Å²) >= 11 is 0. The van der Waals surface area contributed by atoms with Gasteiger partial charge < -0.3 is 14.5 Å². The van der Waals surface area contributed by atoms with E-state index in [-0.39, 0.29) is 17.8 Å². The number of hydrogen-bond donors (Lipinski definition) is 0. The largest absolute Gasteiger partial charge is 0.368 e. The smallest absolute Gasteiger partial charge is 0.251 e. The maximum Gasteiger partial charge on any atom is 0.251 e. The quantitative estimate of drug-likeness (QED) is 0.656. The van der Waals surface area contributed by atoms with Crippen LogP contribution in [-0.2, 0) is 9.53 Å². The molecule has 0 radical (unpaired) electrons. The first kappa shape index (κ1) is 17.9. The van der Waals surface area contributed by atoms with Crippen LogP contribution < -0.4 is 4.90 Å². The summed E-state index contributed by atoms with van der Waals surface area (Å²) in [4.78, 5) is 25.2. The van der Waals surface area contributed by atoms with Gasteiger partial charge in [-0.15, -0.1) is 5.10 Å². The van der Waals surface area contributed by atoms with Gasteiger partial charge in [0.05, 0.1) is 5.69 Å². The molecule has 150 valence electrons. The van der Waals surface area contributed by atoms with Crippen LogP contribution in [0.4, 0.5) is 10.2 Å². The lowest BCUT2D eigenvalue weighted by Gasteiger charge is -2.36. The maximum absolute atomic E-state index is 13.2. The fourth-order valence-electron chi connectivity index (χ4n) is 3.84. The van der Waals surface area contributed by atoms with E-state index < -0.39 is 0 Å². The Balaban J connectivity index is 1.36. The van der Waals surface area contributed by atoms with Crippen molar-refractivity contribution in [3.05, 3.63) is 36.4 Å². The molecule has 1 aromatic carbocycles. The molecule has 0 saturated carbocycles. The Hall–Kier alpha value is -3.14. The number of nitrogens with zero attached hydrogens (tertiary/aromatic N) is 7. The molecule has 0 N–H and O–H groups in total. The lowest BCUT2D eigenvalue weighted by molar-refractivity contribution is -0.141. The number of rotatable bonds is 3. The summed E-state index contributed by atoms with van der Waals surface area (Å²) in [6.45, 7) is 3.17. The number of ether oxygens (including phenoxy) is 1.